The van der Waals surface area contributed by atoms with Gasteiger partial charge in [-0.2, -0.15) is 32.4 Å². The fraction of sp³-hybridized carbons (Fsp3) is 0.312. The molecule has 3 aromatic carbocycles. The van der Waals surface area contributed by atoms with Gasteiger partial charge in [0.15, 0.2) is 0 Å². The molecule has 4 unspecified atom stereocenters. The minimum Gasteiger partial charge on any atom is -0.207 e. The van der Waals surface area contributed by atoms with Crippen LogP contribution < -0.4 is 0 Å². The minimum atomic E-state index is -4.07. The lowest BCUT2D eigenvalue weighted by Crippen LogP contribution is -2.37. The van der Waals surface area contributed by atoms with Gasteiger partial charge in [0.05, 0.1) is 38.9 Å². The van der Waals surface area contributed by atoms with E-state index in [0.29, 0.717) is 39.3 Å². The highest BCUT2D eigenvalue weighted by Gasteiger charge is 2.53. The number of aromatic amines is 1. The summed E-state index contributed by atoms with van der Waals surface area (Å²) in [6, 6.07) is 16.2. The Bertz CT molecular complexity index is 2470. The van der Waals surface area contributed by atoms with E-state index in [1.165, 1.54) is 52.8 Å². The summed E-state index contributed by atoms with van der Waals surface area (Å²) in [5, 5.41) is 20.3. The number of hydrogen-bond acceptors (Lipinski definition) is 10. The van der Waals surface area contributed by atoms with Crippen LogP contribution in [0, 0.1) is 0 Å². The van der Waals surface area contributed by atoms with Crippen molar-refractivity contribution in [3.63, 3.8) is 0 Å². The molecule has 0 spiro atoms. The summed E-state index contributed by atoms with van der Waals surface area (Å²) < 4.78 is 83.1. The molecule has 6 heterocycles. The van der Waals surface area contributed by atoms with Crippen LogP contribution in [0.5, 0.6) is 0 Å². The number of nitrogens with one attached hydrogen (secondary N) is 1. The van der Waals surface area contributed by atoms with E-state index in [2.05, 4.69) is 25.7 Å². The molecule has 4 aliphatic rings. The molecule has 9 rings (SSSR count). The molecule has 4 atom stereocenters. The second-order valence-electron chi connectivity index (χ2n) is 12.8. The summed E-state index contributed by atoms with van der Waals surface area (Å²) in [6.45, 7) is 0. The zero-order valence-electron chi connectivity index (χ0n) is 26.9. The third-order valence-electron chi connectivity index (χ3n) is 9.82. The lowest BCUT2D eigenvalue weighted by Gasteiger charge is -2.33. The second kappa shape index (κ2) is 13.2. The van der Waals surface area contributed by atoms with E-state index >= 15 is 0 Å². The van der Waals surface area contributed by atoms with Crippen LogP contribution >= 0.6 is 34.8 Å². The number of rotatable bonds is 6. The van der Waals surface area contributed by atoms with E-state index in [0.717, 1.165) is 41.2 Å². The SMILES string of the molecule is O=S(=O)(c1ccc(Cl)cc1)N1C2CCCC1c1c2nnn1S(=O)(=O)c1ccc(Cl)cc1.O=S(=O)(c1ccc(Cl)cc1)N1C2CCCC1c1n[nH]nc12. The topological polar surface area (TPSA) is 181 Å². The molecule has 2 saturated heterocycles. The first-order valence-electron chi connectivity index (χ1n) is 16.3. The van der Waals surface area contributed by atoms with E-state index in [4.69, 9.17) is 34.8 Å². The number of hydrogen-bond donors (Lipinski definition) is 1. The zero-order chi connectivity index (χ0) is 36.6. The molecule has 2 fully saturated rings. The van der Waals surface area contributed by atoms with Crippen LogP contribution in [0.15, 0.2) is 87.5 Å². The Morgan fingerprint density at radius 2 is 0.885 bits per heavy atom. The van der Waals surface area contributed by atoms with Crippen LogP contribution in [0.1, 0.15) is 85.5 Å². The molecule has 0 aliphatic carbocycles. The number of sulfonamides is 2. The van der Waals surface area contributed by atoms with Crippen molar-refractivity contribution in [3.05, 3.63) is 111 Å². The number of halogens is 3. The predicted octanol–water partition coefficient (Wildman–Crippen LogP) is 6.22. The molecular formula is C32H29Cl3N8O6S3. The molecule has 0 amide bonds. The average Bonchev–Trinajstić information content (AvgIpc) is 3.87. The van der Waals surface area contributed by atoms with Crippen molar-refractivity contribution in [1.29, 1.82) is 0 Å². The molecule has 4 bridgehead atoms. The monoisotopic (exact) mass is 822 g/mol. The lowest BCUT2D eigenvalue weighted by atomic mass is 10.1. The maximum Gasteiger partial charge on any atom is 0.284 e. The maximum absolute atomic E-state index is 13.5. The molecule has 2 aromatic heterocycles. The largest absolute Gasteiger partial charge is 0.284 e. The first-order chi connectivity index (χ1) is 24.8. The molecule has 52 heavy (non-hydrogen) atoms. The molecule has 0 radical (unpaired) electrons. The van der Waals surface area contributed by atoms with Crippen molar-refractivity contribution < 1.29 is 25.3 Å². The normalized spacial score (nSPS) is 22.8. The third-order valence-corrected chi connectivity index (χ3v) is 16.0. The summed E-state index contributed by atoms with van der Waals surface area (Å²) >= 11 is 17.6. The molecule has 14 nitrogen and oxygen atoms in total. The Balaban J connectivity index is 0.000000160. The molecule has 20 heteroatoms. The van der Waals surface area contributed by atoms with E-state index in [9.17, 15) is 25.3 Å². The smallest absolute Gasteiger partial charge is 0.207 e. The Morgan fingerprint density at radius 3 is 1.33 bits per heavy atom. The maximum atomic E-state index is 13.5. The molecule has 4 aliphatic heterocycles. The minimum absolute atomic E-state index is 0.00171. The summed E-state index contributed by atoms with van der Waals surface area (Å²) in [5.74, 6) is 0. The number of benzene rings is 3. The third kappa shape index (κ3) is 5.76. The van der Waals surface area contributed by atoms with Crippen LogP contribution in [-0.2, 0) is 30.1 Å². The standard InChI is InChI=1S/C19H16Cl2N4O4S2.C13H13ClN4O2S/c20-12-4-8-14(9-5-12)30(26,27)24-16-2-1-3-17(24)19-18(16)22-23-25(19)31(28,29)15-10-6-13(21)7-11-15;14-8-4-6-9(7-5-8)21(19,20)18-10-2-1-3-11(18)13-12(10)15-17-16-13/h4-11,16-17H,1-3H2;4-7,10-11H,1-3H2,(H,15,16,17). The highest BCUT2D eigenvalue weighted by Crippen LogP contribution is 2.53. The van der Waals surface area contributed by atoms with Crippen molar-refractivity contribution in [1.82, 2.24) is 38.4 Å². The van der Waals surface area contributed by atoms with E-state index in [-0.39, 0.29) is 26.8 Å². The summed E-state index contributed by atoms with van der Waals surface area (Å²) in [6.07, 6.45) is 4.31. The lowest BCUT2D eigenvalue weighted by molar-refractivity contribution is 0.206. The number of piperidine rings is 2. The summed E-state index contributed by atoms with van der Waals surface area (Å²) in [4.78, 5) is 0.357. The fourth-order valence-corrected chi connectivity index (χ4v) is 12.8. The summed E-state index contributed by atoms with van der Waals surface area (Å²) in [7, 11) is -11.5. The van der Waals surface area contributed by atoms with E-state index in [1.54, 1.807) is 28.6 Å². The number of aromatic nitrogens is 6. The van der Waals surface area contributed by atoms with Crippen molar-refractivity contribution in [2.75, 3.05) is 0 Å². The van der Waals surface area contributed by atoms with E-state index in [1.807, 2.05) is 0 Å². The van der Waals surface area contributed by atoms with Crippen LogP contribution in [0.25, 0.3) is 0 Å². The van der Waals surface area contributed by atoms with Gasteiger partial charge in [0, 0.05) is 15.1 Å². The Kier molecular flexibility index (Phi) is 9.01. The van der Waals surface area contributed by atoms with Gasteiger partial charge in [-0.3, -0.25) is 0 Å². The van der Waals surface area contributed by atoms with Gasteiger partial charge in [-0.15, -0.1) is 9.19 Å². The van der Waals surface area contributed by atoms with Crippen LogP contribution in [0.4, 0.5) is 0 Å². The Labute approximate surface area is 314 Å². The Hall–Kier alpha value is -3.42. The van der Waals surface area contributed by atoms with Gasteiger partial charge < -0.3 is 0 Å². The van der Waals surface area contributed by atoms with Crippen molar-refractivity contribution >= 4 is 64.9 Å². The van der Waals surface area contributed by atoms with Gasteiger partial charge in [0.2, 0.25) is 20.0 Å². The van der Waals surface area contributed by atoms with Gasteiger partial charge >= 0.3 is 0 Å². The second-order valence-corrected chi connectivity index (χ2v) is 19.5. The number of nitrogens with zero attached hydrogens (tertiary/aromatic N) is 7. The fourth-order valence-electron chi connectivity index (χ4n) is 7.55. The highest BCUT2D eigenvalue weighted by atomic mass is 35.5. The first-order valence-corrected chi connectivity index (χ1v) is 21.7. The quantitative estimate of drug-likeness (QED) is 0.207. The first kappa shape index (κ1) is 35.6. The van der Waals surface area contributed by atoms with Gasteiger partial charge in [-0.25, -0.2) is 16.8 Å². The highest BCUT2D eigenvalue weighted by molar-refractivity contribution is 7.90. The van der Waals surface area contributed by atoms with Crippen molar-refractivity contribution in [2.24, 2.45) is 0 Å². The van der Waals surface area contributed by atoms with Gasteiger partial charge in [0.25, 0.3) is 10.0 Å². The summed E-state index contributed by atoms with van der Waals surface area (Å²) in [5.41, 5.74) is 2.23. The van der Waals surface area contributed by atoms with Gasteiger partial charge in [0.1, 0.15) is 22.8 Å². The predicted molar refractivity (Wildman–Crippen MR) is 190 cm³/mol. The number of H-pyrrole nitrogens is 1. The number of fused-ring (bicyclic) bond motifs is 10. The van der Waals surface area contributed by atoms with Crippen molar-refractivity contribution in [3.8, 4) is 0 Å². The van der Waals surface area contributed by atoms with Gasteiger partial charge in [-0.1, -0.05) is 40.0 Å². The molecule has 272 valence electrons. The molecule has 1 N–H and O–H groups in total. The van der Waals surface area contributed by atoms with Crippen LogP contribution in [-0.4, -0.2) is 63.7 Å². The molecule has 5 aromatic rings. The van der Waals surface area contributed by atoms with Crippen LogP contribution in [0.3, 0.4) is 0 Å². The molecule has 0 saturated carbocycles. The zero-order valence-corrected chi connectivity index (χ0v) is 31.6. The average molecular weight is 824 g/mol. The Morgan fingerprint density at radius 1 is 0.519 bits per heavy atom. The van der Waals surface area contributed by atoms with Gasteiger partial charge in [-0.05, 0) is 111 Å². The van der Waals surface area contributed by atoms with Crippen molar-refractivity contribution in [2.45, 2.75) is 77.4 Å². The van der Waals surface area contributed by atoms with E-state index < -0.39 is 42.2 Å². The van der Waals surface area contributed by atoms with Crippen LogP contribution in [0.2, 0.25) is 15.1 Å². The molecular weight excluding hydrogens is 795 g/mol.